The van der Waals surface area contributed by atoms with Gasteiger partial charge < -0.3 is 9.64 Å². The highest BCUT2D eigenvalue weighted by Crippen LogP contribution is 2.16. The van der Waals surface area contributed by atoms with E-state index in [2.05, 4.69) is 4.98 Å². The summed E-state index contributed by atoms with van der Waals surface area (Å²) in [5, 5.41) is 0.157. The Kier molecular flexibility index (Phi) is 5.11. The SMILES string of the molecule is CN(CCOc1ccccc1F)C(=O)c1cccnc1Cl. The molecule has 0 fully saturated rings. The van der Waals surface area contributed by atoms with Crippen LogP contribution in [0.2, 0.25) is 5.15 Å². The molecule has 0 aliphatic heterocycles. The van der Waals surface area contributed by atoms with Gasteiger partial charge in [0.2, 0.25) is 0 Å². The predicted octanol–water partition coefficient (Wildman–Crippen LogP) is 3.03. The van der Waals surface area contributed by atoms with E-state index in [1.807, 2.05) is 0 Å². The Morgan fingerprint density at radius 1 is 1.33 bits per heavy atom. The van der Waals surface area contributed by atoms with Gasteiger partial charge in [0.25, 0.3) is 5.91 Å². The van der Waals surface area contributed by atoms with Gasteiger partial charge in [0.15, 0.2) is 11.6 Å². The Morgan fingerprint density at radius 3 is 2.81 bits per heavy atom. The van der Waals surface area contributed by atoms with Crippen LogP contribution in [0, 0.1) is 5.82 Å². The maximum Gasteiger partial charge on any atom is 0.256 e. The Hall–Kier alpha value is -2.14. The third-order valence-electron chi connectivity index (χ3n) is 2.86. The van der Waals surface area contributed by atoms with E-state index in [-0.39, 0.29) is 23.4 Å². The lowest BCUT2D eigenvalue weighted by molar-refractivity contribution is 0.0772. The van der Waals surface area contributed by atoms with Crippen LogP contribution in [0.25, 0.3) is 0 Å². The molecule has 6 heteroatoms. The number of hydrogen-bond acceptors (Lipinski definition) is 3. The summed E-state index contributed by atoms with van der Waals surface area (Å²) in [6.07, 6.45) is 1.51. The average Bonchev–Trinajstić information content (AvgIpc) is 2.49. The van der Waals surface area contributed by atoms with E-state index in [9.17, 15) is 9.18 Å². The lowest BCUT2D eigenvalue weighted by Gasteiger charge is -2.18. The van der Waals surface area contributed by atoms with Crippen molar-refractivity contribution < 1.29 is 13.9 Å². The normalized spacial score (nSPS) is 10.2. The maximum atomic E-state index is 13.4. The molecular weight excluding hydrogens is 295 g/mol. The highest BCUT2D eigenvalue weighted by Gasteiger charge is 2.15. The quantitative estimate of drug-likeness (QED) is 0.797. The van der Waals surface area contributed by atoms with Gasteiger partial charge in [-0.1, -0.05) is 23.7 Å². The number of rotatable bonds is 5. The Bertz CT molecular complexity index is 637. The zero-order valence-electron chi connectivity index (χ0n) is 11.4. The minimum Gasteiger partial charge on any atom is -0.489 e. The molecule has 4 nitrogen and oxygen atoms in total. The summed E-state index contributed by atoms with van der Waals surface area (Å²) in [6.45, 7) is 0.486. The van der Waals surface area contributed by atoms with Gasteiger partial charge in [-0.25, -0.2) is 9.37 Å². The van der Waals surface area contributed by atoms with Crippen LogP contribution in [0.5, 0.6) is 5.75 Å². The molecule has 1 aromatic carbocycles. The molecule has 0 bridgehead atoms. The van der Waals surface area contributed by atoms with E-state index < -0.39 is 5.82 Å². The zero-order chi connectivity index (χ0) is 15.2. The molecule has 1 amide bonds. The Balaban J connectivity index is 1.90. The largest absolute Gasteiger partial charge is 0.489 e. The number of halogens is 2. The van der Waals surface area contributed by atoms with Gasteiger partial charge in [0, 0.05) is 13.2 Å². The number of ether oxygens (including phenoxy) is 1. The van der Waals surface area contributed by atoms with E-state index >= 15 is 0 Å². The number of hydrogen-bond donors (Lipinski definition) is 0. The molecule has 0 radical (unpaired) electrons. The van der Waals surface area contributed by atoms with Crippen LogP contribution in [-0.4, -0.2) is 36.0 Å². The third kappa shape index (κ3) is 3.92. The van der Waals surface area contributed by atoms with Crippen LogP contribution in [-0.2, 0) is 0 Å². The molecule has 2 aromatic rings. The van der Waals surface area contributed by atoms with Crippen LogP contribution >= 0.6 is 11.6 Å². The van der Waals surface area contributed by atoms with Crippen molar-refractivity contribution in [3.05, 3.63) is 59.1 Å². The van der Waals surface area contributed by atoms with Gasteiger partial charge >= 0.3 is 0 Å². The van der Waals surface area contributed by atoms with Gasteiger partial charge in [-0.05, 0) is 24.3 Å². The minimum atomic E-state index is -0.429. The van der Waals surface area contributed by atoms with Crippen molar-refractivity contribution in [3.63, 3.8) is 0 Å². The fourth-order valence-electron chi connectivity index (χ4n) is 1.71. The average molecular weight is 309 g/mol. The second-order valence-corrected chi connectivity index (χ2v) is 4.71. The summed E-state index contributed by atoms with van der Waals surface area (Å²) < 4.78 is 18.7. The number of carbonyl (C=O) groups excluding carboxylic acids is 1. The molecular formula is C15H14ClFN2O2. The number of likely N-dealkylation sites (N-methyl/N-ethyl adjacent to an activating group) is 1. The molecule has 0 unspecified atom stereocenters. The van der Waals surface area contributed by atoms with Crippen LogP contribution in [0.15, 0.2) is 42.6 Å². The highest BCUT2D eigenvalue weighted by atomic mass is 35.5. The van der Waals surface area contributed by atoms with Crippen LogP contribution in [0.4, 0.5) is 4.39 Å². The molecule has 0 saturated heterocycles. The molecule has 2 rings (SSSR count). The number of carbonyl (C=O) groups is 1. The number of nitrogens with zero attached hydrogens (tertiary/aromatic N) is 2. The Labute approximate surface area is 127 Å². The van der Waals surface area contributed by atoms with Crippen molar-refractivity contribution >= 4 is 17.5 Å². The molecule has 0 aliphatic carbocycles. The van der Waals surface area contributed by atoms with Crippen molar-refractivity contribution in [2.75, 3.05) is 20.2 Å². The van der Waals surface area contributed by atoms with Crippen molar-refractivity contribution in [1.82, 2.24) is 9.88 Å². The van der Waals surface area contributed by atoms with Crippen LogP contribution in [0.3, 0.4) is 0 Å². The van der Waals surface area contributed by atoms with Gasteiger partial charge in [-0.15, -0.1) is 0 Å². The molecule has 0 saturated carbocycles. The lowest BCUT2D eigenvalue weighted by Crippen LogP contribution is -2.31. The first-order valence-electron chi connectivity index (χ1n) is 6.33. The molecule has 21 heavy (non-hydrogen) atoms. The van der Waals surface area contributed by atoms with E-state index in [1.165, 1.54) is 23.2 Å². The maximum absolute atomic E-state index is 13.4. The summed E-state index contributed by atoms with van der Waals surface area (Å²) in [5.41, 5.74) is 0.326. The lowest BCUT2D eigenvalue weighted by atomic mass is 10.2. The summed E-state index contributed by atoms with van der Waals surface area (Å²) in [5.74, 6) is -0.523. The third-order valence-corrected chi connectivity index (χ3v) is 3.16. The van der Waals surface area contributed by atoms with Gasteiger partial charge in [-0.2, -0.15) is 0 Å². The zero-order valence-corrected chi connectivity index (χ0v) is 12.2. The second kappa shape index (κ2) is 7.04. The first kappa shape index (κ1) is 15.3. The second-order valence-electron chi connectivity index (χ2n) is 4.35. The monoisotopic (exact) mass is 308 g/mol. The molecule has 1 aromatic heterocycles. The molecule has 1 heterocycles. The summed E-state index contributed by atoms with van der Waals surface area (Å²) in [7, 11) is 1.62. The minimum absolute atomic E-state index is 0.157. The summed E-state index contributed by atoms with van der Waals surface area (Å²) >= 11 is 5.87. The summed E-state index contributed by atoms with van der Waals surface area (Å²) in [6, 6.07) is 9.37. The van der Waals surface area contributed by atoms with Crippen molar-refractivity contribution in [2.45, 2.75) is 0 Å². The predicted molar refractivity (Wildman–Crippen MR) is 78.1 cm³/mol. The molecule has 110 valence electrons. The molecule has 0 atom stereocenters. The van der Waals surface area contributed by atoms with E-state index in [1.54, 1.807) is 31.3 Å². The van der Waals surface area contributed by atoms with Crippen molar-refractivity contribution in [1.29, 1.82) is 0 Å². The molecule has 0 aliphatic rings. The van der Waals surface area contributed by atoms with E-state index in [0.717, 1.165) is 0 Å². The Morgan fingerprint density at radius 2 is 2.10 bits per heavy atom. The highest BCUT2D eigenvalue weighted by molar-refractivity contribution is 6.32. The van der Waals surface area contributed by atoms with Crippen molar-refractivity contribution in [2.24, 2.45) is 0 Å². The molecule has 0 N–H and O–H groups in total. The first-order valence-corrected chi connectivity index (χ1v) is 6.70. The number of pyridine rings is 1. The number of aromatic nitrogens is 1. The van der Waals surface area contributed by atoms with Gasteiger partial charge in [-0.3, -0.25) is 4.79 Å². The van der Waals surface area contributed by atoms with Gasteiger partial charge in [0.05, 0.1) is 12.1 Å². The fourth-order valence-corrected chi connectivity index (χ4v) is 1.91. The van der Waals surface area contributed by atoms with E-state index in [4.69, 9.17) is 16.3 Å². The molecule has 0 spiro atoms. The smallest absolute Gasteiger partial charge is 0.256 e. The number of benzene rings is 1. The van der Waals surface area contributed by atoms with Crippen LogP contribution in [0.1, 0.15) is 10.4 Å². The number of amides is 1. The topological polar surface area (TPSA) is 42.4 Å². The summed E-state index contributed by atoms with van der Waals surface area (Å²) in [4.78, 5) is 17.5. The standard InChI is InChI=1S/C15H14ClFN2O2/c1-19(15(20)11-5-4-8-18-14(11)16)9-10-21-13-7-3-2-6-12(13)17/h2-8H,9-10H2,1H3. The fraction of sp³-hybridized carbons (Fsp3) is 0.200. The number of para-hydroxylation sites is 1. The van der Waals surface area contributed by atoms with Crippen LogP contribution < -0.4 is 4.74 Å². The van der Waals surface area contributed by atoms with Gasteiger partial charge in [0.1, 0.15) is 11.8 Å². The van der Waals surface area contributed by atoms with Crippen molar-refractivity contribution in [3.8, 4) is 5.75 Å². The first-order chi connectivity index (χ1) is 10.1. The van der Waals surface area contributed by atoms with E-state index in [0.29, 0.717) is 12.1 Å².